The summed E-state index contributed by atoms with van der Waals surface area (Å²) in [6, 6.07) is 16.9. The standard InChI is InChI=1S/C16H12BrF3S/c17-11-14(21-13-9-5-2-6-10-13)15(16(18,19)20)12-7-3-1-4-8-12/h1-10H,11H2/b15-14+. The van der Waals surface area contributed by atoms with E-state index in [1.807, 2.05) is 18.2 Å². The molecule has 0 radical (unpaired) electrons. The van der Waals surface area contributed by atoms with E-state index in [9.17, 15) is 13.2 Å². The third-order valence-corrected chi connectivity index (χ3v) is 4.77. The smallest absolute Gasteiger partial charge is 0.166 e. The van der Waals surface area contributed by atoms with Crippen molar-refractivity contribution in [2.75, 3.05) is 5.33 Å². The summed E-state index contributed by atoms with van der Waals surface area (Å²) in [6.45, 7) is 0. The van der Waals surface area contributed by atoms with Crippen LogP contribution in [0, 0.1) is 0 Å². The SMILES string of the molecule is FC(F)(F)/C(=C(\CBr)Sc1ccccc1)c1ccccc1. The maximum Gasteiger partial charge on any atom is 0.417 e. The van der Waals surface area contributed by atoms with E-state index in [0.29, 0.717) is 0 Å². The fraction of sp³-hybridized carbons (Fsp3) is 0.125. The molecule has 0 bridgehead atoms. The van der Waals surface area contributed by atoms with E-state index >= 15 is 0 Å². The molecule has 21 heavy (non-hydrogen) atoms. The molecule has 0 fully saturated rings. The lowest BCUT2D eigenvalue weighted by atomic mass is 10.1. The van der Waals surface area contributed by atoms with E-state index in [2.05, 4.69) is 15.9 Å². The average molecular weight is 373 g/mol. The van der Waals surface area contributed by atoms with Gasteiger partial charge in [-0.1, -0.05) is 76.2 Å². The van der Waals surface area contributed by atoms with Crippen LogP contribution < -0.4 is 0 Å². The lowest BCUT2D eigenvalue weighted by molar-refractivity contribution is -0.0691. The number of hydrogen-bond acceptors (Lipinski definition) is 1. The van der Waals surface area contributed by atoms with Crippen LogP contribution in [0.25, 0.3) is 5.57 Å². The first kappa shape index (κ1) is 16.2. The van der Waals surface area contributed by atoms with Crippen LogP contribution in [0.3, 0.4) is 0 Å². The summed E-state index contributed by atoms with van der Waals surface area (Å²) in [7, 11) is 0. The van der Waals surface area contributed by atoms with Crippen molar-refractivity contribution in [3.05, 3.63) is 71.1 Å². The molecule has 110 valence electrons. The Morgan fingerprint density at radius 1 is 0.905 bits per heavy atom. The lowest BCUT2D eigenvalue weighted by Crippen LogP contribution is -2.13. The predicted octanol–water partition coefficient (Wildman–Crippen LogP) is 6.15. The van der Waals surface area contributed by atoms with Crippen LogP contribution in [-0.2, 0) is 0 Å². The molecular weight excluding hydrogens is 361 g/mol. The Morgan fingerprint density at radius 3 is 1.90 bits per heavy atom. The van der Waals surface area contributed by atoms with Gasteiger partial charge in [0.05, 0.1) is 5.57 Å². The molecule has 0 spiro atoms. The second-order valence-corrected chi connectivity index (χ2v) is 5.94. The second kappa shape index (κ2) is 7.18. The second-order valence-electron chi connectivity index (χ2n) is 4.21. The number of rotatable bonds is 4. The van der Waals surface area contributed by atoms with Crippen molar-refractivity contribution in [3.63, 3.8) is 0 Å². The Balaban J connectivity index is 2.49. The first-order chi connectivity index (χ1) is 10.0. The zero-order valence-electron chi connectivity index (χ0n) is 10.9. The minimum atomic E-state index is -4.40. The summed E-state index contributed by atoms with van der Waals surface area (Å²) in [5, 5.41) is 0.149. The Bertz CT molecular complexity index is 606. The average Bonchev–Trinajstić information content (AvgIpc) is 2.47. The van der Waals surface area contributed by atoms with Crippen molar-refractivity contribution in [2.24, 2.45) is 0 Å². The summed E-state index contributed by atoms with van der Waals surface area (Å²) in [5.74, 6) is 0. The van der Waals surface area contributed by atoms with Gasteiger partial charge in [0, 0.05) is 15.1 Å². The summed E-state index contributed by atoms with van der Waals surface area (Å²) >= 11 is 4.32. The maximum absolute atomic E-state index is 13.5. The molecule has 0 aliphatic carbocycles. The van der Waals surface area contributed by atoms with Crippen LogP contribution >= 0.6 is 27.7 Å². The van der Waals surface area contributed by atoms with Crippen LogP contribution in [0.2, 0.25) is 0 Å². The van der Waals surface area contributed by atoms with Crippen molar-refractivity contribution < 1.29 is 13.2 Å². The third-order valence-electron chi connectivity index (χ3n) is 2.73. The highest BCUT2D eigenvalue weighted by molar-refractivity contribution is 9.09. The molecule has 0 unspecified atom stereocenters. The van der Waals surface area contributed by atoms with E-state index < -0.39 is 11.7 Å². The van der Waals surface area contributed by atoms with Crippen LogP contribution in [-0.4, -0.2) is 11.5 Å². The van der Waals surface area contributed by atoms with Crippen molar-refractivity contribution in [3.8, 4) is 0 Å². The monoisotopic (exact) mass is 372 g/mol. The molecule has 0 amide bonds. The fourth-order valence-corrected chi connectivity index (χ4v) is 3.46. The van der Waals surface area contributed by atoms with Gasteiger partial charge in [-0.2, -0.15) is 13.2 Å². The molecule has 0 heterocycles. The number of allylic oxidation sites excluding steroid dienone is 2. The molecule has 0 aliphatic heterocycles. The van der Waals surface area contributed by atoms with E-state index in [4.69, 9.17) is 0 Å². The highest BCUT2D eigenvalue weighted by atomic mass is 79.9. The molecule has 2 aromatic carbocycles. The molecule has 2 rings (SSSR count). The first-order valence-electron chi connectivity index (χ1n) is 6.17. The number of hydrogen-bond donors (Lipinski definition) is 0. The third kappa shape index (κ3) is 4.38. The topological polar surface area (TPSA) is 0 Å². The number of alkyl halides is 4. The van der Waals surface area contributed by atoms with Gasteiger partial charge in [0.15, 0.2) is 0 Å². The number of halogens is 4. The number of thioether (sulfide) groups is 1. The molecule has 0 atom stereocenters. The van der Waals surface area contributed by atoms with Gasteiger partial charge in [-0.25, -0.2) is 0 Å². The van der Waals surface area contributed by atoms with Crippen LogP contribution in [0.15, 0.2) is 70.5 Å². The maximum atomic E-state index is 13.5. The van der Waals surface area contributed by atoms with E-state index in [-0.39, 0.29) is 15.8 Å². The molecule has 0 saturated heterocycles. The van der Waals surface area contributed by atoms with Gasteiger partial charge >= 0.3 is 6.18 Å². The van der Waals surface area contributed by atoms with E-state index in [0.717, 1.165) is 16.7 Å². The fourth-order valence-electron chi connectivity index (χ4n) is 1.86. The molecule has 0 aromatic heterocycles. The summed E-state index contributed by atoms with van der Waals surface area (Å²) < 4.78 is 40.4. The van der Waals surface area contributed by atoms with E-state index in [1.54, 1.807) is 30.3 Å². The summed E-state index contributed by atoms with van der Waals surface area (Å²) in [4.78, 5) is 1.03. The Labute approximate surface area is 134 Å². The zero-order valence-corrected chi connectivity index (χ0v) is 13.3. The first-order valence-corrected chi connectivity index (χ1v) is 8.11. The minimum Gasteiger partial charge on any atom is -0.166 e. The summed E-state index contributed by atoms with van der Waals surface area (Å²) in [5.41, 5.74) is -0.406. The minimum absolute atomic E-state index is 0.149. The van der Waals surface area contributed by atoms with Crippen molar-refractivity contribution in [2.45, 2.75) is 11.1 Å². The van der Waals surface area contributed by atoms with Gasteiger partial charge in [0.1, 0.15) is 0 Å². The largest absolute Gasteiger partial charge is 0.417 e. The number of benzene rings is 2. The normalized spacial score (nSPS) is 13.0. The van der Waals surface area contributed by atoms with Gasteiger partial charge in [-0.3, -0.25) is 0 Å². The highest BCUT2D eigenvalue weighted by Gasteiger charge is 2.37. The molecule has 0 N–H and O–H groups in total. The lowest BCUT2D eigenvalue weighted by Gasteiger charge is -2.17. The molecule has 2 aromatic rings. The van der Waals surface area contributed by atoms with Crippen molar-refractivity contribution in [1.29, 1.82) is 0 Å². The quantitative estimate of drug-likeness (QED) is 0.458. The Morgan fingerprint density at radius 2 is 1.43 bits per heavy atom. The van der Waals surface area contributed by atoms with Gasteiger partial charge in [0.25, 0.3) is 0 Å². The van der Waals surface area contributed by atoms with E-state index in [1.165, 1.54) is 12.1 Å². The van der Waals surface area contributed by atoms with Gasteiger partial charge < -0.3 is 0 Å². The van der Waals surface area contributed by atoms with Gasteiger partial charge in [0.2, 0.25) is 0 Å². The molecule has 0 nitrogen and oxygen atoms in total. The predicted molar refractivity (Wildman–Crippen MR) is 85.5 cm³/mol. The molecular formula is C16H12BrF3S. The van der Waals surface area contributed by atoms with Gasteiger partial charge in [-0.15, -0.1) is 0 Å². The Kier molecular flexibility index (Phi) is 5.53. The molecule has 0 saturated carbocycles. The summed E-state index contributed by atoms with van der Waals surface area (Å²) in [6.07, 6.45) is -4.40. The van der Waals surface area contributed by atoms with Crippen molar-refractivity contribution >= 4 is 33.3 Å². The van der Waals surface area contributed by atoms with Crippen molar-refractivity contribution in [1.82, 2.24) is 0 Å². The van der Waals surface area contributed by atoms with Crippen LogP contribution in [0.1, 0.15) is 5.56 Å². The highest BCUT2D eigenvalue weighted by Crippen LogP contribution is 2.42. The molecule has 5 heteroatoms. The van der Waals surface area contributed by atoms with Crippen LogP contribution in [0.4, 0.5) is 13.2 Å². The molecule has 0 aliphatic rings. The Hall–Kier alpha value is -1.20. The zero-order chi connectivity index (χ0) is 15.3. The van der Waals surface area contributed by atoms with Crippen LogP contribution in [0.5, 0.6) is 0 Å². The van der Waals surface area contributed by atoms with Gasteiger partial charge in [-0.05, 0) is 17.7 Å².